The smallest absolute Gasteiger partial charge is 0.410 e. The zero-order chi connectivity index (χ0) is 23.4. The summed E-state index contributed by atoms with van der Waals surface area (Å²) in [5.41, 5.74) is 0.496. The van der Waals surface area contributed by atoms with E-state index < -0.39 is 6.10 Å². The summed E-state index contributed by atoms with van der Waals surface area (Å²) in [4.78, 5) is 27.0. The van der Waals surface area contributed by atoms with Crippen molar-refractivity contribution in [3.8, 4) is 0 Å². The second-order valence-electron chi connectivity index (χ2n) is 12.5. The summed E-state index contributed by atoms with van der Waals surface area (Å²) >= 11 is 0. The van der Waals surface area contributed by atoms with Gasteiger partial charge in [0.2, 0.25) is 5.91 Å². The van der Waals surface area contributed by atoms with Gasteiger partial charge in [-0.1, -0.05) is 13.8 Å². The van der Waals surface area contributed by atoms with E-state index in [1.807, 2.05) is 0 Å². The van der Waals surface area contributed by atoms with E-state index in [4.69, 9.17) is 4.74 Å². The molecule has 0 aromatic rings. The van der Waals surface area contributed by atoms with E-state index >= 15 is 0 Å². The van der Waals surface area contributed by atoms with Crippen LogP contribution in [-0.4, -0.2) is 54.4 Å². The zero-order valence-electron chi connectivity index (χ0n) is 21.3. The van der Waals surface area contributed by atoms with E-state index in [-0.39, 0.29) is 41.8 Å². The molecule has 4 saturated carbocycles. The maximum atomic E-state index is 12.7. The number of hydrogen-bond acceptors (Lipinski definition) is 4. The number of carbonyl (C=O) groups is 2. The normalized spacial score (nSPS) is 45.8. The van der Waals surface area contributed by atoms with Crippen LogP contribution in [0.1, 0.15) is 84.5 Å². The number of aliphatic hydroxyl groups is 1. The van der Waals surface area contributed by atoms with Crippen LogP contribution < -0.4 is 5.32 Å². The first kappa shape index (κ1) is 26.1. The molecule has 4 aliphatic carbocycles. The van der Waals surface area contributed by atoms with Gasteiger partial charge in [0.1, 0.15) is 6.10 Å². The first-order chi connectivity index (χ1) is 15.8. The second-order valence-corrected chi connectivity index (χ2v) is 12.5. The summed E-state index contributed by atoms with van der Waals surface area (Å²) in [6, 6.07) is 0. The van der Waals surface area contributed by atoms with Gasteiger partial charge in [-0.25, -0.2) is 4.79 Å². The lowest BCUT2D eigenvalue weighted by molar-refractivity contribution is -0.141. The minimum absolute atomic E-state index is 0. The second kappa shape index (κ2) is 9.80. The van der Waals surface area contributed by atoms with Crippen molar-refractivity contribution in [3.05, 3.63) is 0 Å². The Morgan fingerprint density at radius 3 is 2.44 bits per heavy atom. The molecule has 6 nitrogen and oxygen atoms in total. The minimum Gasteiger partial charge on any atom is -0.446 e. The van der Waals surface area contributed by atoms with Crippen molar-refractivity contribution in [1.82, 2.24) is 10.2 Å². The molecule has 0 aromatic heterocycles. The van der Waals surface area contributed by atoms with Gasteiger partial charge in [0.15, 0.2) is 0 Å². The van der Waals surface area contributed by atoms with Crippen LogP contribution in [0.25, 0.3) is 0 Å². The summed E-state index contributed by atoms with van der Waals surface area (Å²) in [6.45, 7) is 6.04. The highest BCUT2D eigenvalue weighted by Crippen LogP contribution is 2.67. The fourth-order valence-electron chi connectivity index (χ4n) is 9.27. The quantitative estimate of drug-likeness (QED) is 0.576. The molecule has 4 unspecified atom stereocenters. The molecule has 7 heteroatoms. The van der Waals surface area contributed by atoms with E-state index in [0.717, 1.165) is 50.4 Å². The molecule has 1 saturated heterocycles. The largest absolute Gasteiger partial charge is 0.446 e. The van der Waals surface area contributed by atoms with Crippen molar-refractivity contribution in [2.45, 2.75) is 96.7 Å². The molecule has 34 heavy (non-hydrogen) atoms. The molecule has 2 N–H and O–H groups in total. The Balaban J connectivity index is 0.00000274. The Morgan fingerprint density at radius 1 is 0.971 bits per heavy atom. The third-order valence-corrected chi connectivity index (χ3v) is 11.1. The molecule has 1 heterocycles. The van der Waals surface area contributed by atoms with Crippen molar-refractivity contribution in [3.63, 3.8) is 0 Å². The van der Waals surface area contributed by atoms with Gasteiger partial charge in [0, 0.05) is 26.1 Å². The van der Waals surface area contributed by atoms with Gasteiger partial charge in [-0.2, -0.15) is 0 Å². The van der Waals surface area contributed by atoms with Gasteiger partial charge in [-0.05, 0) is 105 Å². The van der Waals surface area contributed by atoms with E-state index in [1.165, 1.54) is 32.1 Å². The predicted octanol–water partition coefficient (Wildman–Crippen LogP) is 4.78. The van der Waals surface area contributed by atoms with E-state index in [2.05, 4.69) is 19.2 Å². The number of rotatable bonds is 2. The number of aliphatic hydroxyl groups excluding tert-OH is 1. The average Bonchev–Trinajstić information content (AvgIpc) is 3.16. The molecule has 5 fully saturated rings. The van der Waals surface area contributed by atoms with E-state index in [9.17, 15) is 14.7 Å². The summed E-state index contributed by atoms with van der Waals surface area (Å²) in [6.07, 6.45) is 11.3. The number of amides is 2. The fraction of sp³-hybridized carbons (Fsp3) is 0.926. The van der Waals surface area contributed by atoms with Crippen molar-refractivity contribution < 1.29 is 19.4 Å². The van der Waals surface area contributed by atoms with Crippen LogP contribution >= 0.6 is 12.4 Å². The van der Waals surface area contributed by atoms with Crippen LogP contribution in [0.2, 0.25) is 0 Å². The summed E-state index contributed by atoms with van der Waals surface area (Å²) in [7, 11) is 1.79. The highest BCUT2D eigenvalue weighted by molar-refractivity contribution is 5.85. The van der Waals surface area contributed by atoms with Crippen LogP contribution in [0.4, 0.5) is 4.79 Å². The molecule has 194 valence electrons. The summed E-state index contributed by atoms with van der Waals surface area (Å²) < 4.78 is 5.98. The first-order valence-corrected chi connectivity index (χ1v) is 13.6. The SMILES string of the molecule is CNC(=O)C1CC[C@H]2[C@@H]3CCC4CC(OC(=O)N5CCCC(O)C5)CC[C@]4(C)[C@H]3CC[C@]12C.Cl. The Bertz CT molecular complexity index is 780. The van der Waals surface area contributed by atoms with Crippen molar-refractivity contribution in [1.29, 1.82) is 0 Å². The molecule has 2 amide bonds. The van der Waals surface area contributed by atoms with Gasteiger partial charge in [0.25, 0.3) is 0 Å². The molecule has 1 aliphatic heterocycles. The number of piperidine rings is 1. The topological polar surface area (TPSA) is 78.9 Å². The van der Waals surface area contributed by atoms with Crippen LogP contribution in [0, 0.1) is 40.4 Å². The molecule has 0 aromatic carbocycles. The number of hydrogen-bond donors (Lipinski definition) is 2. The third kappa shape index (κ3) is 4.25. The molecule has 0 bridgehead atoms. The monoisotopic (exact) mass is 496 g/mol. The maximum absolute atomic E-state index is 12.7. The minimum atomic E-state index is -0.410. The third-order valence-electron chi connectivity index (χ3n) is 11.1. The zero-order valence-corrected chi connectivity index (χ0v) is 22.1. The number of carbonyl (C=O) groups excluding carboxylic acids is 2. The predicted molar refractivity (Wildman–Crippen MR) is 134 cm³/mol. The molecule has 9 atom stereocenters. The first-order valence-electron chi connectivity index (χ1n) is 13.6. The summed E-state index contributed by atoms with van der Waals surface area (Å²) in [5, 5.41) is 12.8. The van der Waals surface area contributed by atoms with Crippen molar-refractivity contribution in [2.75, 3.05) is 20.1 Å². The number of nitrogens with zero attached hydrogens (tertiary/aromatic N) is 1. The molecule has 5 aliphatic rings. The Labute approximate surface area is 211 Å². The number of halogens is 1. The van der Waals surface area contributed by atoms with Crippen LogP contribution in [0.3, 0.4) is 0 Å². The van der Waals surface area contributed by atoms with E-state index in [1.54, 1.807) is 11.9 Å². The molecule has 0 spiro atoms. The van der Waals surface area contributed by atoms with Crippen LogP contribution in [-0.2, 0) is 9.53 Å². The summed E-state index contributed by atoms with van der Waals surface area (Å²) in [5.74, 6) is 3.22. The molecular weight excluding hydrogens is 452 g/mol. The van der Waals surface area contributed by atoms with Gasteiger partial charge in [-0.15, -0.1) is 12.4 Å². The number of nitrogens with one attached hydrogen (secondary N) is 1. The number of β-amino-alcohol motifs (C(OH)–C–C–N with tert-alkyl or cyclic N) is 1. The molecule has 5 rings (SSSR count). The average molecular weight is 497 g/mol. The Kier molecular flexibility index (Phi) is 7.51. The lowest BCUT2D eigenvalue weighted by Crippen LogP contribution is -2.55. The van der Waals surface area contributed by atoms with Gasteiger partial charge >= 0.3 is 6.09 Å². The van der Waals surface area contributed by atoms with Gasteiger partial charge in [0.05, 0.1) is 6.10 Å². The Morgan fingerprint density at radius 2 is 1.71 bits per heavy atom. The van der Waals surface area contributed by atoms with E-state index in [0.29, 0.717) is 30.3 Å². The lowest BCUT2D eigenvalue weighted by atomic mass is 9.44. The van der Waals surface area contributed by atoms with Crippen LogP contribution in [0.15, 0.2) is 0 Å². The number of ether oxygens (including phenoxy) is 1. The maximum Gasteiger partial charge on any atom is 0.410 e. The number of likely N-dealkylation sites (tertiary alicyclic amines) is 1. The standard InChI is InChI=1S/C27H44N2O4.ClH/c1-26-12-10-19(33-25(32)29-14-4-5-18(30)16-29)15-17(26)6-7-20-21-8-9-23(24(31)28-3)27(21,2)13-11-22(20)26;/h17-23,30H,4-16H2,1-3H3,(H,28,31);1H/t17?,18?,19?,20-,21-,22-,23?,26-,27-;/m0./s1. The van der Waals surface area contributed by atoms with Gasteiger partial charge < -0.3 is 20.1 Å². The highest BCUT2D eigenvalue weighted by Gasteiger charge is 2.61. The lowest BCUT2D eigenvalue weighted by Gasteiger charge is -2.61. The van der Waals surface area contributed by atoms with Gasteiger partial charge in [-0.3, -0.25) is 4.79 Å². The highest BCUT2D eigenvalue weighted by atomic mass is 35.5. The van der Waals surface area contributed by atoms with Crippen molar-refractivity contribution >= 4 is 24.4 Å². The number of fused-ring (bicyclic) bond motifs is 5. The molecular formula is C27H45ClN2O4. The van der Waals surface area contributed by atoms with Crippen LogP contribution in [0.5, 0.6) is 0 Å². The Hall–Kier alpha value is -1.01. The molecule has 0 radical (unpaired) electrons. The van der Waals surface area contributed by atoms with Crippen molar-refractivity contribution in [2.24, 2.45) is 40.4 Å². The fourth-order valence-corrected chi connectivity index (χ4v) is 9.27.